The minimum atomic E-state index is 0.617. The van der Waals surface area contributed by atoms with Crippen LogP contribution in [-0.4, -0.2) is 4.98 Å². The molecule has 0 atom stereocenters. The van der Waals surface area contributed by atoms with Gasteiger partial charge >= 0.3 is 0 Å². The van der Waals surface area contributed by atoms with Crippen molar-refractivity contribution in [2.24, 2.45) is 0 Å². The van der Waals surface area contributed by atoms with Crippen LogP contribution < -0.4 is 0 Å². The molecule has 0 saturated heterocycles. The number of aromatic nitrogens is 1. The highest BCUT2D eigenvalue weighted by Gasteiger charge is 2.02. The van der Waals surface area contributed by atoms with Crippen molar-refractivity contribution in [1.82, 2.24) is 4.98 Å². The van der Waals surface area contributed by atoms with Gasteiger partial charge in [-0.05, 0) is 40.8 Å². The second-order valence-corrected chi connectivity index (χ2v) is 4.70. The molecule has 0 aliphatic rings. The van der Waals surface area contributed by atoms with Crippen LogP contribution in [0.4, 0.5) is 0 Å². The van der Waals surface area contributed by atoms with E-state index in [4.69, 9.17) is 23.2 Å². The van der Waals surface area contributed by atoms with Gasteiger partial charge < -0.3 is 0 Å². The summed E-state index contributed by atoms with van der Waals surface area (Å²) >= 11 is 14.0. The van der Waals surface area contributed by atoms with Crippen molar-refractivity contribution in [1.29, 1.82) is 0 Å². The summed E-state index contributed by atoms with van der Waals surface area (Å²) in [6.07, 6.45) is 1.79. The molecule has 4 heteroatoms. The van der Waals surface area contributed by atoms with Crippen LogP contribution >= 0.6 is 45.8 Å². The lowest BCUT2D eigenvalue weighted by molar-refractivity contribution is 1.39. The Kier molecular flexibility index (Phi) is 2.62. The number of hydrogen-bond acceptors (Lipinski definition) is 1. The van der Waals surface area contributed by atoms with Crippen molar-refractivity contribution >= 4 is 56.7 Å². The third kappa shape index (κ3) is 1.90. The molecule has 0 N–H and O–H groups in total. The summed E-state index contributed by atoms with van der Waals surface area (Å²) in [7, 11) is 0. The topological polar surface area (TPSA) is 12.9 Å². The number of rotatable bonds is 0. The van der Waals surface area contributed by atoms with Gasteiger partial charge in [0.05, 0.1) is 10.5 Å². The number of hydrogen-bond donors (Lipinski definition) is 0. The van der Waals surface area contributed by atoms with Gasteiger partial charge in [-0.1, -0.05) is 23.2 Å². The largest absolute Gasteiger partial charge is 0.255 e. The van der Waals surface area contributed by atoms with Crippen LogP contribution in [0, 0.1) is 3.57 Å². The zero-order chi connectivity index (χ0) is 9.42. The SMILES string of the molecule is Clc1cc(Cl)c2cc(I)cnc2c1. The van der Waals surface area contributed by atoms with Gasteiger partial charge in [-0.3, -0.25) is 4.98 Å². The Bertz CT molecular complexity index is 470. The molecule has 1 aromatic heterocycles. The minimum absolute atomic E-state index is 0.617. The van der Waals surface area contributed by atoms with E-state index < -0.39 is 0 Å². The molecule has 0 aliphatic carbocycles. The van der Waals surface area contributed by atoms with Gasteiger partial charge in [-0.15, -0.1) is 0 Å². The lowest BCUT2D eigenvalue weighted by atomic mass is 10.2. The number of benzene rings is 1. The van der Waals surface area contributed by atoms with Gasteiger partial charge in [-0.2, -0.15) is 0 Å². The van der Waals surface area contributed by atoms with E-state index in [1.807, 2.05) is 6.07 Å². The van der Waals surface area contributed by atoms with Crippen LogP contribution in [0.2, 0.25) is 10.0 Å². The van der Waals surface area contributed by atoms with E-state index in [2.05, 4.69) is 27.6 Å². The maximum Gasteiger partial charge on any atom is 0.0732 e. The zero-order valence-electron chi connectivity index (χ0n) is 6.39. The fraction of sp³-hybridized carbons (Fsp3) is 0. The van der Waals surface area contributed by atoms with Crippen LogP contribution in [0.3, 0.4) is 0 Å². The van der Waals surface area contributed by atoms with E-state index in [9.17, 15) is 0 Å². The van der Waals surface area contributed by atoms with Gasteiger partial charge in [0.25, 0.3) is 0 Å². The van der Waals surface area contributed by atoms with E-state index in [-0.39, 0.29) is 0 Å². The zero-order valence-corrected chi connectivity index (χ0v) is 10.1. The van der Waals surface area contributed by atoms with E-state index in [0.717, 1.165) is 14.5 Å². The molecule has 0 fully saturated rings. The molecular formula is C9H4Cl2IN. The monoisotopic (exact) mass is 323 g/mol. The smallest absolute Gasteiger partial charge is 0.0732 e. The molecule has 0 bridgehead atoms. The summed E-state index contributed by atoms with van der Waals surface area (Å²) in [5.41, 5.74) is 0.831. The van der Waals surface area contributed by atoms with Crippen molar-refractivity contribution in [2.75, 3.05) is 0 Å². The number of halogens is 3. The lowest BCUT2D eigenvalue weighted by Crippen LogP contribution is -1.81. The van der Waals surface area contributed by atoms with Gasteiger partial charge in [0, 0.05) is 20.2 Å². The Morgan fingerprint density at radius 1 is 1.15 bits per heavy atom. The van der Waals surface area contributed by atoms with Crippen molar-refractivity contribution < 1.29 is 0 Å². The number of pyridine rings is 1. The molecule has 1 aromatic carbocycles. The van der Waals surface area contributed by atoms with Crippen LogP contribution in [0.5, 0.6) is 0 Å². The maximum atomic E-state index is 6.01. The number of fused-ring (bicyclic) bond motifs is 1. The second-order valence-electron chi connectivity index (χ2n) is 2.61. The van der Waals surface area contributed by atoms with Gasteiger partial charge in [0.1, 0.15) is 0 Å². The summed E-state index contributed by atoms with van der Waals surface area (Å²) in [5.74, 6) is 0. The fourth-order valence-electron chi connectivity index (χ4n) is 1.13. The summed E-state index contributed by atoms with van der Waals surface area (Å²) in [6, 6.07) is 5.52. The van der Waals surface area contributed by atoms with E-state index >= 15 is 0 Å². The molecule has 1 heterocycles. The molecule has 2 aromatic rings. The van der Waals surface area contributed by atoms with Crippen molar-refractivity contribution in [3.63, 3.8) is 0 Å². The third-order valence-corrected chi connectivity index (χ3v) is 2.80. The Hall–Kier alpha value is -0.0600. The summed E-state index contributed by atoms with van der Waals surface area (Å²) in [5, 5.41) is 2.21. The first kappa shape index (κ1) is 9.49. The molecule has 0 aliphatic heterocycles. The number of nitrogens with zero attached hydrogens (tertiary/aromatic N) is 1. The first-order valence-electron chi connectivity index (χ1n) is 3.57. The van der Waals surface area contributed by atoms with Crippen LogP contribution in [0.15, 0.2) is 24.4 Å². The average molecular weight is 324 g/mol. The second kappa shape index (κ2) is 3.59. The van der Waals surface area contributed by atoms with Crippen LogP contribution in [-0.2, 0) is 0 Å². The molecule has 0 saturated carbocycles. The first-order valence-corrected chi connectivity index (χ1v) is 5.40. The van der Waals surface area contributed by atoms with E-state index in [0.29, 0.717) is 10.0 Å². The molecule has 13 heavy (non-hydrogen) atoms. The quantitative estimate of drug-likeness (QED) is 0.664. The van der Waals surface area contributed by atoms with Crippen LogP contribution in [0.25, 0.3) is 10.9 Å². The highest BCUT2D eigenvalue weighted by molar-refractivity contribution is 14.1. The molecule has 1 nitrogen and oxygen atoms in total. The summed E-state index contributed by atoms with van der Waals surface area (Å²) in [6.45, 7) is 0. The fourth-order valence-corrected chi connectivity index (χ4v) is 2.12. The molecular weight excluding hydrogens is 320 g/mol. The third-order valence-electron chi connectivity index (χ3n) is 1.68. The molecule has 0 spiro atoms. The van der Waals surface area contributed by atoms with Crippen molar-refractivity contribution in [2.45, 2.75) is 0 Å². The molecule has 66 valence electrons. The van der Waals surface area contributed by atoms with Gasteiger partial charge in [0.15, 0.2) is 0 Å². The summed E-state index contributed by atoms with van der Waals surface area (Å²) in [4.78, 5) is 4.23. The van der Waals surface area contributed by atoms with Crippen LogP contribution in [0.1, 0.15) is 0 Å². The normalized spacial score (nSPS) is 10.7. The van der Waals surface area contributed by atoms with Crippen molar-refractivity contribution in [3.8, 4) is 0 Å². The summed E-state index contributed by atoms with van der Waals surface area (Å²) < 4.78 is 1.06. The predicted molar refractivity (Wildman–Crippen MR) is 64.5 cm³/mol. The van der Waals surface area contributed by atoms with E-state index in [1.54, 1.807) is 18.3 Å². The molecule has 2 rings (SSSR count). The average Bonchev–Trinajstić information content (AvgIpc) is 2.06. The van der Waals surface area contributed by atoms with E-state index in [1.165, 1.54) is 0 Å². The highest BCUT2D eigenvalue weighted by Crippen LogP contribution is 2.27. The molecule has 0 radical (unpaired) electrons. The van der Waals surface area contributed by atoms with Crippen molar-refractivity contribution in [3.05, 3.63) is 38.0 Å². The van der Waals surface area contributed by atoms with Gasteiger partial charge in [-0.25, -0.2) is 0 Å². The Morgan fingerprint density at radius 2 is 1.92 bits per heavy atom. The minimum Gasteiger partial charge on any atom is -0.255 e. The maximum absolute atomic E-state index is 6.01. The first-order chi connectivity index (χ1) is 6.16. The molecule has 0 unspecified atom stereocenters. The Balaban J connectivity index is 2.87. The lowest BCUT2D eigenvalue weighted by Gasteiger charge is -2.00. The Labute approximate surface area is 99.2 Å². The molecule has 0 amide bonds. The van der Waals surface area contributed by atoms with Gasteiger partial charge in [0.2, 0.25) is 0 Å². The Morgan fingerprint density at radius 3 is 2.69 bits per heavy atom. The predicted octanol–water partition coefficient (Wildman–Crippen LogP) is 4.15. The highest BCUT2D eigenvalue weighted by atomic mass is 127. The standard InChI is InChI=1S/C9H4Cl2IN/c10-5-1-8(11)7-3-6(12)4-13-9(7)2-5/h1-4H.